The zero-order valence-electron chi connectivity index (χ0n) is 12.3. The van der Waals surface area contributed by atoms with E-state index in [1.807, 2.05) is 0 Å². The number of aromatic carboxylic acids is 1. The van der Waals surface area contributed by atoms with Gasteiger partial charge in [-0.05, 0) is 24.3 Å². The second-order valence-corrected chi connectivity index (χ2v) is 6.04. The smallest absolute Gasteiger partial charge is 0.335 e. The molecule has 2 aromatic rings. The van der Waals surface area contributed by atoms with Crippen molar-refractivity contribution >= 4 is 21.7 Å². The van der Waals surface area contributed by atoms with Crippen LogP contribution in [-0.2, 0) is 10.0 Å². The number of anilines is 1. The van der Waals surface area contributed by atoms with Gasteiger partial charge in [0.25, 0.3) is 10.0 Å². The van der Waals surface area contributed by atoms with E-state index in [2.05, 4.69) is 9.71 Å². The Hall–Kier alpha value is -2.81. The molecule has 2 rings (SSSR count). The Morgan fingerprint density at radius 3 is 2.43 bits per heavy atom. The Kier molecular flexibility index (Phi) is 4.70. The molecule has 1 aromatic heterocycles. The fourth-order valence-electron chi connectivity index (χ4n) is 1.77. The molecule has 0 atom stereocenters. The summed E-state index contributed by atoms with van der Waals surface area (Å²) < 4.78 is 36.9. The molecule has 0 saturated carbocycles. The van der Waals surface area contributed by atoms with Crippen molar-refractivity contribution in [3.63, 3.8) is 0 Å². The van der Waals surface area contributed by atoms with Crippen LogP contribution in [0.1, 0.15) is 10.4 Å². The number of pyridine rings is 1. The Morgan fingerprint density at radius 2 is 1.91 bits per heavy atom. The van der Waals surface area contributed by atoms with E-state index in [1.165, 1.54) is 44.6 Å². The van der Waals surface area contributed by atoms with Gasteiger partial charge < -0.3 is 14.6 Å². The first-order chi connectivity index (χ1) is 10.9. The molecule has 0 bridgehead atoms. The number of carboxylic acid groups (broad SMARTS) is 1. The van der Waals surface area contributed by atoms with Crippen LogP contribution in [0.2, 0.25) is 0 Å². The summed E-state index contributed by atoms with van der Waals surface area (Å²) in [7, 11) is -1.19. The maximum Gasteiger partial charge on any atom is 0.335 e. The van der Waals surface area contributed by atoms with Gasteiger partial charge in [-0.2, -0.15) is 0 Å². The van der Waals surface area contributed by atoms with Crippen LogP contribution < -0.4 is 14.2 Å². The predicted octanol–water partition coefficient (Wildman–Crippen LogP) is 1.60. The van der Waals surface area contributed by atoms with Gasteiger partial charge in [-0.15, -0.1) is 0 Å². The molecule has 1 aromatic carbocycles. The Balaban J connectivity index is 2.39. The van der Waals surface area contributed by atoms with Crippen LogP contribution >= 0.6 is 0 Å². The van der Waals surface area contributed by atoms with Crippen molar-refractivity contribution in [1.82, 2.24) is 4.98 Å². The molecule has 0 unspecified atom stereocenters. The lowest BCUT2D eigenvalue weighted by molar-refractivity contribution is 0.0697. The highest BCUT2D eigenvalue weighted by molar-refractivity contribution is 7.92. The second kappa shape index (κ2) is 6.53. The van der Waals surface area contributed by atoms with Gasteiger partial charge in [0.1, 0.15) is 10.6 Å². The first kappa shape index (κ1) is 16.6. The minimum absolute atomic E-state index is 0.0169. The molecule has 0 aliphatic heterocycles. The molecule has 0 amide bonds. The van der Waals surface area contributed by atoms with Crippen molar-refractivity contribution in [1.29, 1.82) is 0 Å². The third kappa shape index (κ3) is 3.69. The summed E-state index contributed by atoms with van der Waals surface area (Å²) in [4.78, 5) is 14.7. The van der Waals surface area contributed by atoms with Crippen molar-refractivity contribution in [2.45, 2.75) is 4.90 Å². The van der Waals surface area contributed by atoms with Gasteiger partial charge >= 0.3 is 5.97 Å². The lowest BCUT2D eigenvalue weighted by Gasteiger charge is -2.12. The topological polar surface area (TPSA) is 115 Å². The van der Waals surface area contributed by atoms with Crippen LogP contribution in [0.4, 0.5) is 5.69 Å². The number of sulfonamides is 1. The van der Waals surface area contributed by atoms with E-state index in [-0.39, 0.29) is 27.8 Å². The van der Waals surface area contributed by atoms with Crippen LogP contribution in [0, 0.1) is 0 Å². The molecule has 23 heavy (non-hydrogen) atoms. The van der Waals surface area contributed by atoms with Crippen LogP contribution in [0.15, 0.2) is 41.4 Å². The molecule has 0 aliphatic rings. The number of ether oxygens (including phenoxy) is 2. The van der Waals surface area contributed by atoms with E-state index < -0.39 is 16.0 Å². The van der Waals surface area contributed by atoms with E-state index in [9.17, 15) is 13.2 Å². The molecular formula is C14H14N2O6S. The SMILES string of the molecule is COc1ccc(S(=O)(=O)Nc2cc(C(=O)O)ccc2OC)cn1. The molecule has 0 fully saturated rings. The fourth-order valence-corrected chi connectivity index (χ4v) is 2.78. The minimum atomic E-state index is -3.95. The first-order valence-corrected chi connectivity index (χ1v) is 7.80. The standard InChI is InChI=1S/C14H14N2O6S/c1-21-12-5-3-9(14(17)18)7-11(12)16-23(19,20)10-4-6-13(22-2)15-8-10/h3-8,16H,1-2H3,(H,17,18). The number of carboxylic acids is 1. The highest BCUT2D eigenvalue weighted by Crippen LogP contribution is 2.28. The molecule has 0 aliphatic carbocycles. The van der Waals surface area contributed by atoms with Gasteiger partial charge in [-0.25, -0.2) is 18.2 Å². The Morgan fingerprint density at radius 1 is 1.17 bits per heavy atom. The quantitative estimate of drug-likeness (QED) is 0.822. The van der Waals surface area contributed by atoms with Crippen LogP contribution in [0.3, 0.4) is 0 Å². The summed E-state index contributed by atoms with van der Waals surface area (Å²) in [6.45, 7) is 0. The summed E-state index contributed by atoms with van der Waals surface area (Å²) in [6, 6.07) is 6.58. The third-order valence-electron chi connectivity index (χ3n) is 2.92. The number of carbonyl (C=O) groups is 1. The van der Waals surface area contributed by atoms with Crippen molar-refractivity contribution in [2.75, 3.05) is 18.9 Å². The summed E-state index contributed by atoms with van der Waals surface area (Å²) >= 11 is 0. The lowest BCUT2D eigenvalue weighted by atomic mass is 10.2. The lowest BCUT2D eigenvalue weighted by Crippen LogP contribution is -2.14. The van der Waals surface area contributed by atoms with Gasteiger partial charge in [-0.1, -0.05) is 0 Å². The Labute approximate surface area is 132 Å². The number of hydrogen-bond donors (Lipinski definition) is 2. The second-order valence-electron chi connectivity index (χ2n) is 4.36. The average Bonchev–Trinajstić information content (AvgIpc) is 2.54. The predicted molar refractivity (Wildman–Crippen MR) is 81.6 cm³/mol. The van der Waals surface area contributed by atoms with Crippen molar-refractivity contribution in [3.05, 3.63) is 42.1 Å². The maximum absolute atomic E-state index is 12.4. The van der Waals surface area contributed by atoms with Gasteiger partial charge in [0, 0.05) is 6.07 Å². The van der Waals surface area contributed by atoms with Crippen LogP contribution in [0.25, 0.3) is 0 Å². The monoisotopic (exact) mass is 338 g/mol. The summed E-state index contributed by atoms with van der Waals surface area (Å²) in [5, 5.41) is 9.00. The number of aromatic nitrogens is 1. The number of nitrogens with one attached hydrogen (secondary N) is 1. The molecule has 1 heterocycles. The van der Waals surface area contributed by atoms with E-state index >= 15 is 0 Å². The molecule has 2 N–H and O–H groups in total. The number of hydrogen-bond acceptors (Lipinski definition) is 6. The zero-order chi connectivity index (χ0) is 17.0. The summed E-state index contributed by atoms with van der Waals surface area (Å²) in [5.41, 5.74) is -0.0560. The van der Waals surface area contributed by atoms with Crippen molar-refractivity contribution in [2.24, 2.45) is 0 Å². The molecule has 8 nitrogen and oxygen atoms in total. The number of methoxy groups -OCH3 is 2. The summed E-state index contributed by atoms with van der Waals surface area (Å²) in [5.74, 6) is -0.714. The van der Waals surface area contributed by atoms with Gasteiger partial charge in [-0.3, -0.25) is 4.72 Å². The maximum atomic E-state index is 12.4. The Bertz CT molecular complexity index is 818. The minimum Gasteiger partial charge on any atom is -0.495 e. The van der Waals surface area contributed by atoms with E-state index in [0.717, 1.165) is 6.20 Å². The molecule has 9 heteroatoms. The van der Waals surface area contributed by atoms with Gasteiger partial charge in [0.2, 0.25) is 5.88 Å². The van der Waals surface area contributed by atoms with Gasteiger partial charge in [0.15, 0.2) is 0 Å². The third-order valence-corrected chi connectivity index (χ3v) is 4.27. The number of nitrogens with zero attached hydrogens (tertiary/aromatic N) is 1. The summed E-state index contributed by atoms with van der Waals surface area (Å²) in [6.07, 6.45) is 1.13. The van der Waals surface area contributed by atoms with Crippen molar-refractivity contribution < 1.29 is 27.8 Å². The molecule has 0 radical (unpaired) electrons. The van der Waals surface area contributed by atoms with Crippen LogP contribution in [0.5, 0.6) is 11.6 Å². The highest BCUT2D eigenvalue weighted by atomic mass is 32.2. The highest BCUT2D eigenvalue weighted by Gasteiger charge is 2.18. The molecule has 0 saturated heterocycles. The molecular weight excluding hydrogens is 324 g/mol. The molecule has 122 valence electrons. The first-order valence-electron chi connectivity index (χ1n) is 6.31. The normalized spacial score (nSPS) is 10.9. The zero-order valence-corrected chi connectivity index (χ0v) is 13.1. The largest absolute Gasteiger partial charge is 0.495 e. The molecule has 0 spiro atoms. The van der Waals surface area contributed by atoms with E-state index in [0.29, 0.717) is 0 Å². The number of benzene rings is 1. The fraction of sp³-hybridized carbons (Fsp3) is 0.143. The number of rotatable bonds is 6. The van der Waals surface area contributed by atoms with Gasteiger partial charge in [0.05, 0.1) is 31.7 Å². The van der Waals surface area contributed by atoms with Crippen molar-refractivity contribution in [3.8, 4) is 11.6 Å². The van der Waals surface area contributed by atoms with E-state index in [1.54, 1.807) is 0 Å². The average molecular weight is 338 g/mol. The van der Waals surface area contributed by atoms with E-state index in [4.69, 9.17) is 14.6 Å². The van der Waals surface area contributed by atoms with Crippen LogP contribution in [-0.4, -0.2) is 38.7 Å².